The summed E-state index contributed by atoms with van der Waals surface area (Å²) in [6.45, 7) is 1.40. The summed E-state index contributed by atoms with van der Waals surface area (Å²) in [5.74, 6) is -0.876. The maximum Gasteiger partial charge on any atom is 0.319 e. The van der Waals surface area contributed by atoms with Gasteiger partial charge in [0.25, 0.3) is 0 Å². The number of rotatable bonds is 8. The second-order valence-electron chi connectivity index (χ2n) is 7.01. The molecule has 1 amide bonds. The molecule has 10 heteroatoms. The van der Waals surface area contributed by atoms with Crippen LogP contribution in [0, 0.1) is 5.82 Å². The van der Waals surface area contributed by atoms with E-state index in [-0.39, 0.29) is 33.7 Å². The van der Waals surface area contributed by atoms with E-state index in [1.807, 2.05) is 0 Å². The maximum atomic E-state index is 13.8. The Balaban J connectivity index is 1.62. The molecule has 2 aromatic rings. The zero-order valence-corrected chi connectivity index (χ0v) is 18.1. The first-order chi connectivity index (χ1) is 14.8. The molecule has 0 aromatic heterocycles. The van der Waals surface area contributed by atoms with Crippen LogP contribution >= 0.6 is 23.2 Å². The highest BCUT2D eigenvalue weighted by Gasteiger charge is 2.25. The van der Waals surface area contributed by atoms with Gasteiger partial charge in [-0.15, -0.1) is 0 Å². The van der Waals surface area contributed by atoms with Crippen LogP contribution in [-0.2, 0) is 16.0 Å². The van der Waals surface area contributed by atoms with Crippen LogP contribution in [0.15, 0.2) is 36.4 Å². The molecule has 2 aromatic carbocycles. The quantitative estimate of drug-likeness (QED) is 0.571. The van der Waals surface area contributed by atoms with Crippen molar-refractivity contribution < 1.29 is 22.7 Å². The van der Waals surface area contributed by atoms with E-state index < -0.39 is 12.4 Å². The molecule has 0 unspecified atom stereocenters. The van der Waals surface area contributed by atoms with Crippen LogP contribution < -0.4 is 10.2 Å². The molecule has 0 bridgehead atoms. The summed E-state index contributed by atoms with van der Waals surface area (Å²) in [5.41, 5.74) is 0.591. The number of benzene rings is 2. The highest BCUT2D eigenvalue weighted by molar-refractivity contribution is 6.39. The van der Waals surface area contributed by atoms with Crippen LogP contribution in [0.3, 0.4) is 0 Å². The van der Waals surface area contributed by atoms with Crippen molar-refractivity contribution in [1.29, 1.82) is 0 Å². The van der Waals surface area contributed by atoms with Gasteiger partial charge in [-0.25, -0.2) is 4.39 Å². The lowest BCUT2D eigenvalue weighted by molar-refractivity contribution is -0.120. The molecule has 0 radical (unpaired) electrons. The van der Waals surface area contributed by atoms with Crippen LogP contribution in [0.1, 0.15) is 5.56 Å². The molecule has 0 atom stereocenters. The molecule has 0 saturated carbocycles. The van der Waals surface area contributed by atoms with Crippen LogP contribution in [0.2, 0.25) is 10.0 Å². The van der Waals surface area contributed by atoms with Gasteiger partial charge in [-0.05, 0) is 29.8 Å². The third-order valence-corrected chi connectivity index (χ3v) is 5.43. The number of carbonyl (C=O) groups is 1. The molecular formula is C21H22Cl2F3N3O2. The van der Waals surface area contributed by atoms with Gasteiger partial charge in [0.15, 0.2) is 0 Å². The Labute approximate surface area is 188 Å². The van der Waals surface area contributed by atoms with Crippen molar-refractivity contribution in [1.82, 2.24) is 10.2 Å². The largest absolute Gasteiger partial charge is 0.379 e. The zero-order valence-electron chi connectivity index (χ0n) is 16.6. The minimum atomic E-state index is -2.96. The number of nitrogens with one attached hydrogen (secondary N) is 1. The number of hydrogen-bond donors (Lipinski definition) is 1. The number of ether oxygens (including phenoxy) is 1. The van der Waals surface area contributed by atoms with Gasteiger partial charge in [0.05, 0.1) is 35.4 Å². The van der Waals surface area contributed by atoms with E-state index in [9.17, 15) is 18.0 Å². The van der Waals surface area contributed by atoms with E-state index in [2.05, 4.69) is 10.2 Å². The predicted octanol–water partition coefficient (Wildman–Crippen LogP) is 4.48. The van der Waals surface area contributed by atoms with Crippen LogP contribution in [0.5, 0.6) is 0 Å². The van der Waals surface area contributed by atoms with E-state index in [4.69, 9.17) is 27.9 Å². The average Bonchev–Trinajstić information content (AvgIpc) is 2.72. The van der Waals surface area contributed by atoms with Crippen molar-refractivity contribution in [3.8, 4) is 0 Å². The number of anilines is 2. The van der Waals surface area contributed by atoms with E-state index in [0.717, 1.165) is 31.8 Å². The average molecular weight is 476 g/mol. The molecule has 31 heavy (non-hydrogen) atoms. The fourth-order valence-corrected chi connectivity index (χ4v) is 3.95. The number of hydrogen-bond acceptors (Lipinski definition) is 4. The van der Waals surface area contributed by atoms with Crippen LogP contribution in [0.4, 0.5) is 24.5 Å². The van der Waals surface area contributed by atoms with Crippen molar-refractivity contribution >= 4 is 40.5 Å². The van der Waals surface area contributed by atoms with Gasteiger partial charge >= 0.3 is 6.55 Å². The predicted molar refractivity (Wildman–Crippen MR) is 115 cm³/mol. The van der Waals surface area contributed by atoms with Gasteiger partial charge in [-0.1, -0.05) is 35.3 Å². The fraction of sp³-hybridized carbons (Fsp3) is 0.381. The molecule has 1 saturated heterocycles. The summed E-state index contributed by atoms with van der Waals surface area (Å²) in [6.07, 6.45) is 0.121. The summed E-state index contributed by atoms with van der Waals surface area (Å²) in [7, 11) is 0. The van der Waals surface area contributed by atoms with Gasteiger partial charge in [0, 0.05) is 31.9 Å². The van der Waals surface area contributed by atoms with Crippen LogP contribution in [0.25, 0.3) is 0 Å². The Hall–Kier alpha value is -2.00. The number of morpholine rings is 1. The monoisotopic (exact) mass is 475 g/mol. The van der Waals surface area contributed by atoms with Crippen molar-refractivity contribution in [2.75, 3.05) is 44.3 Å². The Morgan fingerprint density at radius 1 is 1.13 bits per heavy atom. The molecule has 1 aliphatic rings. The molecule has 5 nitrogen and oxygen atoms in total. The van der Waals surface area contributed by atoms with Gasteiger partial charge in [-0.3, -0.25) is 14.6 Å². The molecule has 1 N–H and O–H groups in total. The summed E-state index contributed by atoms with van der Waals surface area (Å²) in [5, 5.41) is 2.40. The molecule has 168 valence electrons. The van der Waals surface area contributed by atoms with Gasteiger partial charge in [0.1, 0.15) is 5.82 Å². The lowest BCUT2D eigenvalue weighted by Crippen LogP contribution is -2.41. The zero-order chi connectivity index (χ0) is 22.4. The number of nitrogens with zero attached hydrogens (tertiary/aromatic N) is 2. The minimum Gasteiger partial charge on any atom is -0.379 e. The minimum absolute atomic E-state index is 0.113. The van der Waals surface area contributed by atoms with Crippen molar-refractivity contribution in [3.63, 3.8) is 0 Å². The molecule has 1 fully saturated rings. The Kier molecular flexibility index (Phi) is 8.43. The molecule has 1 heterocycles. The number of alkyl halides is 2. The van der Waals surface area contributed by atoms with Gasteiger partial charge in [-0.2, -0.15) is 8.78 Å². The summed E-state index contributed by atoms with van der Waals surface area (Å²) in [4.78, 5) is 15.0. The fourth-order valence-electron chi connectivity index (χ4n) is 3.30. The summed E-state index contributed by atoms with van der Waals surface area (Å²) in [6, 6.07) is 7.90. The van der Waals surface area contributed by atoms with Gasteiger partial charge < -0.3 is 10.1 Å². The van der Waals surface area contributed by atoms with Crippen molar-refractivity contribution in [3.05, 3.63) is 57.8 Å². The topological polar surface area (TPSA) is 44.8 Å². The molecule has 0 spiro atoms. The smallest absolute Gasteiger partial charge is 0.319 e. The lowest BCUT2D eigenvalue weighted by atomic mass is 10.1. The first-order valence-corrected chi connectivity index (χ1v) is 10.5. The Bertz CT molecular complexity index is 871. The second kappa shape index (κ2) is 11.0. The Morgan fingerprint density at radius 2 is 1.74 bits per heavy atom. The normalized spacial score (nSPS) is 14.6. The van der Waals surface area contributed by atoms with E-state index >= 15 is 0 Å². The second-order valence-corrected chi connectivity index (χ2v) is 7.83. The summed E-state index contributed by atoms with van der Waals surface area (Å²) >= 11 is 11.9. The van der Waals surface area contributed by atoms with E-state index in [1.54, 1.807) is 12.1 Å². The standard InChI is InChI=1S/C21H22Cl2F3N3O2/c22-17-12-15(24)13-18(23)20(17)29(21(25)26)16-3-1-14(2-4-16)11-19(30)27-5-6-28-7-9-31-10-8-28/h1-4,12-13,21H,5-11H2,(H,27,30). The Morgan fingerprint density at radius 3 is 2.32 bits per heavy atom. The molecular weight excluding hydrogens is 454 g/mol. The molecule has 0 aliphatic carbocycles. The third-order valence-electron chi connectivity index (χ3n) is 4.85. The number of carbonyl (C=O) groups excluding carboxylic acids is 1. The highest BCUT2D eigenvalue weighted by Crippen LogP contribution is 2.40. The molecule has 3 rings (SSSR count). The highest BCUT2D eigenvalue weighted by atomic mass is 35.5. The first-order valence-electron chi connectivity index (χ1n) is 9.73. The van der Waals surface area contributed by atoms with Crippen LogP contribution in [-0.4, -0.2) is 56.7 Å². The van der Waals surface area contributed by atoms with Crippen molar-refractivity contribution in [2.45, 2.75) is 13.0 Å². The lowest BCUT2D eigenvalue weighted by Gasteiger charge is -2.26. The number of halogens is 5. The van der Waals surface area contributed by atoms with E-state index in [1.165, 1.54) is 12.1 Å². The SMILES string of the molecule is O=C(Cc1ccc(N(c2c(Cl)cc(F)cc2Cl)C(F)F)cc1)NCCN1CCOCC1. The van der Waals surface area contributed by atoms with E-state index in [0.29, 0.717) is 30.2 Å². The molecule has 1 aliphatic heterocycles. The van der Waals surface area contributed by atoms with Gasteiger partial charge in [0.2, 0.25) is 5.91 Å². The maximum absolute atomic E-state index is 13.8. The van der Waals surface area contributed by atoms with Crippen molar-refractivity contribution in [2.24, 2.45) is 0 Å². The first kappa shape index (κ1) is 23.7. The summed E-state index contributed by atoms with van der Waals surface area (Å²) < 4.78 is 46.3. The number of amides is 1. The third kappa shape index (κ3) is 6.49.